The van der Waals surface area contributed by atoms with E-state index in [0.29, 0.717) is 41.9 Å². The van der Waals surface area contributed by atoms with E-state index in [-0.39, 0.29) is 23.6 Å². The summed E-state index contributed by atoms with van der Waals surface area (Å²) in [6.45, 7) is 3.40. The minimum Gasteiger partial charge on any atom is -0.495 e. The van der Waals surface area contributed by atoms with E-state index in [0.717, 1.165) is 12.8 Å². The molecule has 2 N–H and O–H groups in total. The zero-order valence-corrected chi connectivity index (χ0v) is 16.6. The Hall–Kier alpha value is -2.74. The van der Waals surface area contributed by atoms with Crippen molar-refractivity contribution in [2.24, 2.45) is 5.92 Å². The molecule has 2 heterocycles. The van der Waals surface area contributed by atoms with Crippen molar-refractivity contribution < 1.29 is 18.8 Å². The number of likely N-dealkylation sites (tertiary alicyclic amines) is 1. The van der Waals surface area contributed by atoms with Crippen LogP contribution in [-0.4, -0.2) is 48.7 Å². The van der Waals surface area contributed by atoms with Crippen LogP contribution in [0.2, 0.25) is 5.02 Å². The lowest BCUT2D eigenvalue weighted by molar-refractivity contribution is 0.0929. The van der Waals surface area contributed by atoms with Gasteiger partial charge in [0, 0.05) is 30.7 Å². The van der Waals surface area contributed by atoms with Crippen molar-refractivity contribution in [2.75, 3.05) is 32.1 Å². The molecule has 3 amide bonds. The van der Waals surface area contributed by atoms with Crippen LogP contribution in [0.15, 0.2) is 28.8 Å². The topological polar surface area (TPSA) is 96.7 Å². The smallest absolute Gasteiger partial charge is 0.321 e. The second kappa shape index (κ2) is 8.97. The van der Waals surface area contributed by atoms with Gasteiger partial charge >= 0.3 is 6.03 Å². The average Bonchev–Trinajstić information content (AvgIpc) is 3.13. The van der Waals surface area contributed by atoms with Crippen LogP contribution >= 0.6 is 11.6 Å². The fraction of sp³-hybridized carbons (Fsp3) is 0.421. The summed E-state index contributed by atoms with van der Waals surface area (Å²) in [5.41, 5.74) is 0.785. The Morgan fingerprint density at radius 1 is 1.39 bits per heavy atom. The SMILES string of the molecule is COc1ccc(Cl)cc1NC(=O)N1CCCC(CNC(=O)c2cc(C)on2)C1. The highest BCUT2D eigenvalue weighted by Gasteiger charge is 2.25. The number of hydrogen-bond acceptors (Lipinski definition) is 5. The molecule has 28 heavy (non-hydrogen) atoms. The van der Waals surface area contributed by atoms with Crippen LogP contribution in [0.25, 0.3) is 0 Å². The standard InChI is InChI=1S/C19H23ClN4O4/c1-12-8-16(23-28-12)18(25)21-10-13-4-3-7-24(11-13)19(26)22-15-9-14(20)5-6-17(15)27-2/h5-6,8-9,13H,3-4,7,10-11H2,1-2H3,(H,21,25)(H,22,26). The average molecular weight is 407 g/mol. The Balaban J connectivity index is 1.55. The third-order valence-corrected chi connectivity index (χ3v) is 4.86. The van der Waals surface area contributed by atoms with Gasteiger partial charge in [0.25, 0.3) is 5.91 Å². The molecular formula is C19H23ClN4O4. The fourth-order valence-corrected chi connectivity index (χ4v) is 3.36. The first kappa shape index (κ1) is 20.0. The third-order valence-electron chi connectivity index (χ3n) is 4.62. The van der Waals surface area contributed by atoms with E-state index in [1.165, 1.54) is 7.11 Å². The number of aromatic nitrogens is 1. The first-order valence-corrected chi connectivity index (χ1v) is 9.45. The van der Waals surface area contributed by atoms with Crippen molar-refractivity contribution in [1.29, 1.82) is 0 Å². The molecule has 2 aromatic rings. The molecule has 150 valence electrons. The van der Waals surface area contributed by atoms with Gasteiger partial charge in [0.05, 0.1) is 12.8 Å². The molecular weight excluding hydrogens is 384 g/mol. The lowest BCUT2D eigenvalue weighted by atomic mass is 9.98. The number of aryl methyl sites for hydroxylation is 1. The molecule has 1 atom stereocenters. The van der Waals surface area contributed by atoms with E-state index in [9.17, 15) is 9.59 Å². The largest absolute Gasteiger partial charge is 0.495 e. The van der Waals surface area contributed by atoms with Crippen LogP contribution in [0.1, 0.15) is 29.1 Å². The van der Waals surface area contributed by atoms with Gasteiger partial charge in [0.1, 0.15) is 11.5 Å². The first-order valence-electron chi connectivity index (χ1n) is 9.07. The summed E-state index contributed by atoms with van der Waals surface area (Å²) in [5, 5.41) is 9.93. The van der Waals surface area contributed by atoms with Gasteiger partial charge in [-0.25, -0.2) is 4.79 Å². The Morgan fingerprint density at radius 3 is 2.93 bits per heavy atom. The van der Waals surface area contributed by atoms with Gasteiger partial charge in [0.15, 0.2) is 5.69 Å². The number of carbonyl (C=O) groups is 2. The molecule has 1 saturated heterocycles. The summed E-state index contributed by atoms with van der Waals surface area (Å²) in [6.07, 6.45) is 1.80. The molecule has 1 unspecified atom stereocenters. The Labute approximate surface area is 168 Å². The van der Waals surface area contributed by atoms with Crippen molar-refractivity contribution in [3.8, 4) is 5.75 Å². The number of amides is 3. The highest BCUT2D eigenvalue weighted by atomic mass is 35.5. The molecule has 1 aliphatic rings. The number of nitrogens with zero attached hydrogens (tertiary/aromatic N) is 2. The summed E-state index contributed by atoms with van der Waals surface area (Å²) < 4.78 is 10.2. The number of anilines is 1. The van der Waals surface area contributed by atoms with Crippen molar-refractivity contribution in [2.45, 2.75) is 19.8 Å². The number of hydrogen-bond donors (Lipinski definition) is 2. The Morgan fingerprint density at radius 2 is 2.21 bits per heavy atom. The van der Waals surface area contributed by atoms with E-state index < -0.39 is 0 Å². The first-order chi connectivity index (χ1) is 13.5. The van der Waals surface area contributed by atoms with Crippen molar-refractivity contribution in [3.63, 3.8) is 0 Å². The molecule has 0 saturated carbocycles. The monoisotopic (exact) mass is 406 g/mol. The summed E-state index contributed by atoms with van der Waals surface area (Å²) in [7, 11) is 1.54. The van der Waals surface area contributed by atoms with Crippen LogP contribution in [-0.2, 0) is 0 Å². The maximum atomic E-state index is 12.7. The maximum absolute atomic E-state index is 12.7. The maximum Gasteiger partial charge on any atom is 0.321 e. The van der Waals surface area contributed by atoms with E-state index >= 15 is 0 Å². The van der Waals surface area contributed by atoms with E-state index in [2.05, 4.69) is 15.8 Å². The molecule has 8 nitrogen and oxygen atoms in total. The second-order valence-corrected chi connectivity index (χ2v) is 7.20. The predicted molar refractivity (Wildman–Crippen MR) is 105 cm³/mol. The van der Waals surface area contributed by atoms with Crippen LogP contribution < -0.4 is 15.4 Å². The van der Waals surface area contributed by atoms with Gasteiger partial charge in [-0.05, 0) is 43.9 Å². The zero-order chi connectivity index (χ0) is 20.1. The molecule has 1 aliphatic heterocycles. The normalized spacial score (nSPS) is 16.5. The van der Waals surface area contributed by atoms with Gasteiger partial charge in [-0.1, -0.05) is 16.8 Å². The number of urea groups is 1. The molecule has 0 bridgehead atoms. The molecule has 9 heteroatoms. The molecule has 3 rings (SSSR count). The molecule has 0 aliphatic carbocycles. The summed E-state index contributed by atoms with van der Waals surface area (Å²) >= 11 is 6.02. The summed E-state index contributed by atoms with van der Waals surface area (Å²) in [6, 6.07) is 6.43. The van der Waals surface area contributed by atoms with Crippen LogP contribution in [0, 0.1) is 12.8 Å². The number of ether oxygens (including phenoxy) is 1. The van der Waals surface area contributed by atoms with Crippen molar-refractivity contribution in [1.82, 2.24) is 15.4 Å². The number of carbonyl (C=O) groups excluding carboxylic acids is 2. The van der Waals surface area contributed by atoms with Crippen LogP contribution in [0.5, 0.6) is 5.75 Å². The minimum atomic E-state index is -0.276. The van der Waals surface area contributed by atoms with Crippen LogP contribution in [0.4, 0.5) is 10.5 Å². The van der Waals surface area contributed by atoms with Gasteiger partial charge < -0.3 is 24.8 Å². The molecule has 1 aromatic heterocycles. The number of piperidine rings is 1. The highest BCUT2D eigenvalue weighted by molar-refractivity contribution is 6.31. The number of benzene rings is 1. The minimum absolute atomic E-state index is 0.165. The molecule has 1 aromatic carbocycles. The highest BCUT2D eigenvalue weighted by Crippen LogP contribution is 2.28. The quantitative estimate of drug-likeness (QED) is 0.793. The van der Waals surface area contributed by atoms with Crippen LogP contribution in [0.3, 0.4) is 0 Å². The van der Waals surface area contributed by atoms with Gasteiger partial charge in [0.2, 0.25) is 0 Å². The predicted octanol–water partition coefficient (Wildman–Crippen LogP) is 3.32. The number of nitrogens with one attached hydrogen (secondary N) is 2. The lowest BCUT2D eigenvalue weighted by Gasteiger charge is -2.33. The summed E-state index contributed by atoms with van der Waals surface area (Å²) in [4.78, 5) is 26.5. The second-order valence-electron chi connectivity index (χ2n) is 6.76. The Bertz CT molecular complexity index is 854. The van der Waals surface area contributed by atoms with Gasteiger partial charge in [-0.15, -0.1) is 0 Å². The Kier molecular flexibility index (Phi) is 6.41. The molecule has 0 radical (unpaired) electrons. The number of methoxy groups -OCH3 is 1. The lowest BCUT2D eigenvalue weighted by Crippen LogP contribution is -2.45. The van der Waals surface area contributed by atoms with Crippen molar-refractivity contribution >= 4 is 29.2 Å². The van der Waals surface area contributed by atoms with E-state index in [4.69, 9.17) is 20.9 Å². The third kappa shape index (κ3) is 4.95. The molecule has 1 fully saturated rings. The zero-order valence-electron chi connectivity index (χ0n) is 15.8. The fourth-order valence-electron chi connectivity index (χ4n) is 3.19. The number of halogens is 1. The summed E-state index contributed by atoms with van der Waals surface area (Å²) in [5.74, 6) is 1.02. The van der Waals surface area contributed by atoms with E-state index in [1.807, 2.05) is 0 Å². The van der Waals surface area contributed by atoms with E-state index in [1.54, 1.807) is 36.1 Å². The molecule has 0 spiro atoms. The number of rotatable bonds is 5. The van der Waals surface area contributed by atoms with Gasteiger partial charge in [-0.2, -0.15) is 0 Å². The van der Waals surface area contributed by atoms with Crippen molar-refractivity contribution in [3.05, 3.63) is 40.7 Å². The van der Waals surface area contributed by atoms with Gasteiger partial charge in [-0.3, -0.25) is 4.79 Å².